The summed E-state index contributed by atoms with van der Waals surface area (Å²) >= 11 is 0. The first-order valence-electron chi connectivity index (χ1n) is 7.85. The molecule has 0 fully saturated rings. The number of nitrogens with zero attached hydrogens (tertiary/aromatic N) is 2. The zero-order chi connectivity index (χ0) is 15.9. The topological polar surface area (TPSA) is 57.4 Å². The van der Waals surface area contributed by atoms with Crippen molar-refractivity contribution in [1.29, 1.82) is 0 Å². The van der Waals surface area contributed by atoms with Gasteiger partial charge in [0.2, 0.25) is 0 Å². The molecule has 0 unspecified atom stereocenters. The fourth-order valence-electron chi connectivity index (χ4n) is 2.94. The minimum Gasteiger partial charge on any atom is -0.355 e. The van der Waals surface area contributed by atoms with Gasteiger partial charge in [-0.3, -0.25) is 0 Å². The van der Waals surface area contributed by atoms with Crippen molar-refractivity contribution < 1.29 is 16.8 Å². The van der Waals surface area contributed by atoms with E-state index in [1.54, 1.807) is 0 Å². The summed E-state index contributed by atoms with van der Waals surface area (Å²) in [7, 11) is 0. The van der Waals surface area contributed by atoms with Crippen molar-refractivity contribution >= 4 is 46.4 Å². The Morgan fingerprint density at radius 1 is 0.480 bits per heavy atom. The van der Waals surface area contributed by atoms with Crippen LogP contribution in [0.3, 0.4) is 0 Å². The van der Waals surface area contributed by atoms with E-state index < -0.39 is 0 Å². The van der Waals surface area contributed by atoms with Crippen molar-refractivity contribution in [3.05, 3.63) is 71.3 Å². The largest absolute Gasteiger partial charge is 2.00 e. The first-order valence-corrected chi connectivity index (χ1v) is 7.85. The standard InChI is InChI=1S/C20H14N4.Co/c1-2-14-10-16-5-6-18(23-16)12-20-8-7-19(24-20)11-17-4-3-15(22-17)9-13(1)21-14;/h1-12,21,24H;/q;+2. The SMILES string of the molecule is C1=Cc2cc3ccc(cc4nc(cc5ccc(cc1n2)[nH]5)C=C4)[nH]3.[Co+2]. The van der Waals surface area contributed by atoms with E-state index >= 15 is 0 Å². The molecule has 2 aliphatic rings. The maximum Gasteiger partial charge on any atom is 2.00 e. The predicted octanol–water partition coefficient (Wildman–Crippen LogP) is 4.65. The summed E-state index contributed by atoms with van der Waals surface area (Å²) in [5, 5.41) is 0. The van der Waals surface area contributed by atoms with Crippen LogP contribution in [0.2, 0.25) is 0 Å². The summed E-state index contributed by atoms with van der Waals surface area (Å²) < 4.78 is 0. The Hall–Kier alpha value is -2.89. The predicted molar refractivity (Wildman–Crippen MR) is 98.9 cm³/mol. The molecular formula is C20H14CoN4+2. The van der Waals surface area contributed by atoms with Gasteiger partial charge in [-0.25, -0.2) is 9.97 Å². The third-order valence-electron chi connectivity index (χ3n) is 4.04. The Bertz CT molecular complexity index is 990. The van der Waals surface area contributed by atoms with Crippen LogP contribution in [0.4, 0.5) is 0 Å². The summed E-state index contributed by atoms with van der Waals surface area (Å²) in [6.07, 6.45) is 8.09. The normalized spacial score (nSPS) is 12.2. The van der Waals surface area contributed by atoms with Crippen molar-refractivity contribution in [2.24, 2.45) is 0 Å². The molecule has 0 saturated heterocycles. The van der Waals surface area contributed by atoms with Crippen LogP contribution in [0.25, 0.3) is 46.4 Å². The fraction of sp³-hybridized carbons (Fsp3) is 0. The average Bonchev–Trinajstić information content (AvgIpc) is 3.32. The van der Waals surface area contributed by atoms with Gasteiger partial charge in [0, 0.05) is 22.1 Å². The monoisotopic (exact) mass is 369 g/mol. The number of fused-ring (bicyclic) bond motifs is 8. The van der Waals surface area contributed by atoms with Crippen molar-refractivity contribution in [1.82, 2.24) is 19.9 Å². The molecule has 0 amide bonds. The first kappa shape index (κ1) is 15.6. The summed E-state index contributed by atoms with van der Waals surface area (Å²) in [5.74, 6) is 0. The summed E-state index contributed by atoms with van der Waals surface area (Å²) in [4.78, 5) is 16.0. The molecular weight excluding hydrogens is 355 g/mol. The second-order valence-electron chi connectivity index (χ2n) is 5.91. The van der Waals surface area contributed by atoms with E-state index in [-0.39, 0.29) is 16.8 Å². The van der Waals surface area contributed by atoms with E-state index in [0.717, 1.165) is 44.8 Å². The molecule has 3 aromatic rings. The van der Waals surface area contributed by atoms with Crippen LogP contribution in [0, 0.1) is 0 Å². The molecule has 5 rings (SSSR count). The third kappa shape index (κ3) is 3.20. The molecule has 0 saturated carbocycles. The van der Waals surface area contributed by atoms with Gasteiger partial charge in [-0.15, -0.1) is 0 Å². The van der Waals surface area contributed by atoms with Gasteiger partial charge in [0.1, 0.15) is 0 Å². The van der Waals surface area contributed by atoms with Gasteiger partial charge in [-0.05, 0) is 72.8 Å². The number of hydrogen-bond donors (Lipinski definition) is 2. The number of aromatic nitrogens is 4. The molecule has 2 aliphatic heterocycles. The molecule has 1 radical (unpaired) electrons. The molecule has 8 bridgehead atoms. The van der Waals surface area contributed by atoms with Crippen molar-refractivity contribution in [2.75, 3.05) is 0 Å². The quantitative estimate of drug-likeness (QED) is 0.417. The summed E-state index contributed by atoms with van der Waals surface area (Å²) in [6.45, 7) is 0. The van der Waals surface area contributed by atoms with E-state index in [2.05, 4.69) is 44.2 Å². The zero-order valence-corrected chi connectivity index (χ0v) is 14.2. The number of hydrogen-bond acceptors (Lipinski definition) is 2. The zero-order valence-electron chi connectivity index (χ0n) is 13.2. The number of aromatic amines is 2. The second-order valence-corrected chi connectivity index (χ2v) is 5.91. The maximum absolute atomic E-state index is 4.63. The van der Waals surface area contributed by atoms with Gasteiger partial charge < -0.3 is 9.97 Å². The molecule has 3 aromatic heterocycles. The number of nitrogens with one attached hydrogen (secondary N) is 2. The molecule has 25 heavy (non-hydrogen) atoms. The molecule has 5 heterocycles. The van der Waals surface area contributed by atoms with E-state index in [1.165, 1.54) is 0 Å². The number of H-pyrrole nitrogens is 2. The molecule has 121 valence electrons. The van der Waals surface area contributed by atoms with Crippen molar-refractivity contribution in [2.45, 2.75) is 0 Å². The minimum absolute atomic E-state index is 0. The van der Waals surface area contributed by atoms with E-state index in [9.17, 15) is 0 Å². The molecule has 0 aliphatic carbocycles. The molecule has 0 atom stereocenters. The van der Waals surface area contributed by atoms with E-state index in [4.69, 9.17) is 0 Å². The summed E-state index contributed by atoms with van der Waals surface area (Å²) in [6, 6.07) is 16.4. The van der Waals surface area contributed by atoms with Crippen molar-refractivity contribution in [3.8, 4) is 0 Å². The Kier molecular flexibility index (Phi) is 3.87. The van der Waals surface area contributed by atoms with Crippen LogP contribution in [-0.4, -0.2) is 19.9 Å². The maximum atomic E-state index is 4.63. The van der Waals surface area contributed by atoms with Crippen LogP contribution in [0.5, 0.6) is 0 Å². The van der Waals surface area contributed by atoms with Gasteiger partial charge >= 0.3 is 16.8 Å². The third-order valence-corrected chi connectivity index (χ3v) is 4.04. The minimum atomic E-state index is 0. The van der Waals surface area contributed by atoms with Crippen LogP contribution < -0.4 is 0 Å². The van der Waals surface area contributed by atoms with Crippen LogP contribution in [0.1, 0.15) is 22.8 Å². The van der Waals surface area contributed by atoms with Gasteiger partial charge in [-0.1, -0.05) is 0 Å². The molecule has 0 aromatic carbocycles. The van der Waals surface area contributed by atoms with Gasteiger partial charge in [0.05, 0.1) is 22.8 Å². The first-order chi connectivity index (χ1) is 11.8. The van der Waals surface area contributed by atoms with Crippen LogP contribution >= 0.6 is 0 Å². The molecule has 2 N–H and O–H groups in total. The van der Waals surface area contributed by atoms with Gasteiger partial charge in [0.15, 0.2) is 0 Å². The molecule has 5 heteroatoms. The fourth-order valence-corrected chi connectivity index (χ4v) is 2.94. The summed E-state index contributed by atoms with van der Waals surface area (Å²) in [5.41, 5.74) is 7.86. The van der Waals surface area contributed by atoms with Gasteiger partial charge in [0.25, 0.3) is 0 Å². The average molecular weight is 369 g/mol. The Morgan fingerprint density at radius 2 is 0.760 bits per heavy atom. The molecule has 4 nitrogen and oxygen atoms in total. The number of rotatable bonds is 0. The Morgan fingerprint density at radius 3 is 1.04 bits per heavy atom. The van der Waals surface area contributed by atoms with E-state index in [0.29, 0.717) is 0 Å². The Balaban J connectivity index is 0.00000157. The van der Waals surface area contributed by atoms with Crippen LogP contribution in [0.15, 0.2) is 48.5 Å². The molecule has 0 spiro atoms. The Labute approximate surface area is 154 Å². The smallest absolute Gasteiger partial charge is 0.355 e. The van der Waals surface area contributed by atoms with Crippen molar-refractivity contribution in [3.63, 3.8) is 0 Å². The van der Waals surface area contributed by atoms with Crippen LogP contribution in [-0.2, 0) is 16.8 Å². The second kappa shape index (κ2) is 6.20. The van der Waals surface area contributed by atoms with Gasteiger partial charge in [-0.2, -0.15) is 0 Å². The van der Waals surface area contributed by atoms with E-state index in [1.807, 2.05) is 48.6 Å².